The molecule has 3 rings (SSSR count). The van der Waals surface area contributed by atoms with Gasteiger partial charge in [-0.3, -0.25) is 9.59 Å². The summed E-state index contributed by atoms with van der Waals surface area (Å²) in [5, 5.41) is 8.58. The highest BCUT2D eigenvalue weighted by atomic mass is 35.5. The summed E-state index contributed by atoms with van der Waals surface area (Å²) in [6.07, 6.45) is 0.227. The van der Waals surface area contributed by atoms with Crippen LogP contribution in [0.4, 0.5) is 5.69 Å². The monoisotopic (exact) mass is 327 g/mol. The smallest absolute Gasteiger partial charge is 0.238 e. The number of rotatable bonds is 4. The lowest BCUT2D eigenvalue weighted by atomic mass is 10.0. The summed E-state index contributed by atoms with van der Waals surface area (Å²) in [4.78, 5) is 24.9. The van der Waals surface area contributed by atoms with Crippen molar-refractivity contribution in [3.8, 4) is 0 Å². The van der Waals surface area contributed by atoms with E-state index in [9.17, 15) is 9.59 Å². The van der Waals surface area contributed by atoms with Crippen molar-refractivity contribution in [2.24, 2.45) is 5.92 Å². The summed E-state index contributed by atoms with van der Waals surface area (Å²) in [6.45, 7) is 2.63. The van der Waals surface area contributed by atoms with Gasteiger partial charge in [0.1, 0.15) is 0 Å². The largest absolute Gasteiger partial charge is 0.356 e. The lowest BCUT2D eigenvalue weighted by Crippen LogP contribution is -2.48. The molecule has 0 spiro atoms. The molecule has 0 aromatic heterocycles. The highest BCUT2D eigenvalue weighted by Gasteiger charge is 2.29. The number of benzene rings is 1. The third-order valence-electron chi connectivity index (χ3n) is 3.53. The molecule has 1 aromatic rings. The van der Waals surface area contributed by atoms with Gasteiger partial charge in [0.2, 0.25) is 11.8 Å². The highest BCUT2D eigenvalue weighted by molar-refractivity contribution is 8.01. The standard InChI is InChI=1S/C14H17N3O2S.ClH/c18-13(16-8-9-6-15-7-9)5-12-14(19)17-10-3-1-2-4-11(10)20-12;/h1-4,9,12,15H,5-8H2,(H,16,18)(H,17,19);1H. The minimum Gasteiger partial charge on any atom is -0.356 e. The predicted octanol–water partition coefficient (Wildman–Crippen LogP) is 1.25. The van der Waals surface area contributed by atoms with E-state index in [2.05, 4.69) is 16.0 Å². The van der Waals surface area contributed by atoms with Gasteiger partial charge in [-0.25, -0.2) is 0 Å². The van der Waals surface area contributed by atoms with Gasteiger partial charge in [0.15, 0.2) is 0 Å². The fourth-order valence-corrected chi connectivity index (χ4v) is 3.33. The Morgan fingerprint density at radius 3 is 2.81 bits per heavy atom. The number of anilines is 1. The second-order valence-electron chi connectivity index (χ2n) is 5.12. The number of fused-ring (bicyclic) bond motifs is 1. The van der Waals surface area contributed by atoms with Crippen molar-refractivity contribution in [3.05, 3.63) is 24.3 Å². The van der Waals surface area contributed by atoms with E-state index in [1.54, 1.807) is 0 Å². The van der Waals surface area contributed by atoms with Crippen LogP contribution in [0.3, 0.4) is 0 Å². The third kappa shape index (κ3) is 3.90. The van der Waals surface area contributed by atoms with E-state index in [0.717, 1.165) is 23.7 Å². The first kappa shape index (κ1) is 16.1. The zero-order chi connectivity index (χ0) is 13.9. The predicted molar refractivity (Wildman–Crippen MR) is 86.0 cm³/mol. The van der Waals surface area contributed by atoms with Gasteiger partial charge in [0.25, 0.3) is 0 Å². The Balaban J connectivity index is 0.00000161. The summed E-state index contributed by atoms with van der Waals surface area (Å²) in [5.41, 5.74) is 0.833. The van der Waals surface area contributed by atoms with E-state index in [1.807, 2.05) is 24.3 Å². The van der Waals surface area contributed by atoms with Gasteiger partial charge in [-0.05, 0) is 12.1 Å². The lowest BCUT2D eigenvalue weighted by molar-refractivity contribution is -0.124. The van der Waals surface area contributed by atoms with Crippen LogP contribution in [0, 0.1) is 5.92 Å². The molecule has 0 saturated carbocycles. The second kappa shape index (κ2) is 7.15. The van der Waals surface area contributed by atoms with Crippen molar-refractivity contribution in [2.75, 3.05) is 25.0 Å². The number of hydrogen-bond acceptors (Lipinski definition) is 4. The fourth-order valence-electron chi connectivity index (χ4n) is 2.22. The van der Waals surface area contributed by atoms with Crippen molar-refractivity contribution in [3.63, 3.8) is 0 Å². The van der Waals surface area contributed by atoms with Crippen LogP contribution < -0.4 is 16.0 Å². The summed E-state index contributed by atoms with van der Waals surface area (Å²) < 4.78 is 0. The first-order valence-electron chi connectivity index (χ1n) is 6.76. The molecule has 114 valence electrons. The molecule has 2 aliphatic rings. The van der Waals surface area contributed by atoms with Crippen LogP contribution in [0.2, 0.25) is 0 Å². The van der Waals surface area contributed by atoms with Crippen molar-refractivity contribution in [1.82, 2.24) is 10.6 Å². The minimum absolute atomic E-state index is 0. The molecule has 1 aromatic carbocycles. The average molecular weight is 328 g/mol. The van der Waals surface area contributed by atoms with Crippen LogP contribution in [-0.2, 0) is 9.59 Å². The van der Waals surface area contributed by atoms with Gasteiger partial charge in [-0.1, -0.05) is 12.1 Å². The van der Waals surface area contributed by atoms with E-state index in [0.29, 0.717) is 12.5 Å². The van der Waals surface area contributed by atoms with Gasteiger partial charge in [-0.2, -0.15) is 0 Å². The summed E-state index contributed by atoms with van der Waals surface area (Å²) in [6, 6.07) is 7.66. The highest BCUT2D eigenvalue weighted by Crippen LogP contribution is 2.36. The zero-order valence-electron chi connectivity index (χ0n) is 11.4. The van der Waals surface area contributed by atoms with Gasteiger partial charge in [0.05, 0.1) is 10.9 Å². The molecule has 3 N–H and O–H groups in total. The number of halogens is 1. The molecule has 0 aliphatic carbocycles. The van der Waals surface area contributed by atoms with Gasteiger partial charge >= 0.3 is 0 Å². The van der Waals surface area contributed by atoms with E-state index in [-0.39, 0.29) is 35.9 Å². The molecule has 1 unspecified atom stereocenters. The first-order valence-corrected chi connectivity index (χ1v) is 7.64. The molecule has 2 heterocycles. The Morgan fingerprint density at radius 2 is 2.10 bits per heavy atom. The minimum atomic E-state index is -0.343. The van der Waals surface area contributed by atoms with E-state index >= 15 is 0 Å². The third-order valence-corrected chi connectivity index (χ3v) is 4.81. The molecule has 5 nitrogen and oxygen atoms in total. The fraction of sp³-hybridized carbons (Fsp3) is 0.429. The van der Waals surface area contributed by atoms with Crippen molar-refractivity contribution < 1.29 is 9.59 Å². The number of nitrogens with one attached hydrogen (secondary N) is 3. The Hall–Kier alpha value is -1.24. The summed E-state index contributed by atoms with van der Waals surface area (Å²) in [7, 11) is 0. The van der Waals surface area contributed by atoms with Crippen LogP contribution in [0.25, 0.3) is 0 Å². The van der Waals surface area contributed by atoms with Crippen LogP contribution >= 0.6 is 24.2 Å². The topological polar surface area (TPSA) is 70.2 Å². The molecule has 0 bridgehead atoms. The van der Waals surface area contributed by atoms with Crippen LogP contribution in [0.15, 0.2) is 29.2 Å². The summed E-state index contributed by atoms with van der Waals surface area (Å²) in [5.74, 6) is 0.394. The zero-order valence-corrected chi connectivity index (χ0v) is 13.1. The number of carbonyl (C=O) groups is 2. The maximum atomic E-state index is 12.0. The van der Waals surface area contributed by atoms with Crippen molar-refractivity contribution in [2.45, 2.75) is 16.6 Å². The molecule has 1 atom stereocenters. The van der Waals surface area contributed by atoms with Gasteiger partial charge in [0, 0.05) is 36.9 Å². The van der Waals surface area contributed by atoms with Crippen LogP contribution in [-0.4, -0.2) is 36.7 Å². The van der Waals surface area contributed by atoms with E-state index < -0.39 is 0 Å². The molecule has 21 heavy (non-hydrogen) atoms. The molecule has 0 radical (unpaired) electrons. The number of amides is 2. The number of para-hydroxylation sites is 1. The molecular formula is C14H18ClN3O2S. The first-order chi connectivity index (χ1) is 9.72. The molecule has 1 fully saturated rings. The number of thioether (sulfide) groups is 1. The average Bonchev–Trinajstić information content (AvgIpc) is 2.38. The molecule has 1 saturated heterocycles. The molecular weight excluding hydrogens is 310 g/mol. The lowest BCUT2D eigenvalue weighted by Gasteiger charge is -2.28. The van der Waals surface area contributed by atoms with Gasteiger partial charge < -0.3 is 16.0 Å². The quantitative estimate of drug-likeness (QED) is 0.778. The van der Waals surface area contributed by atoms with E-state index in [1.165, 1.54) is 11.8 Å². The summed E-state index contributed by atoms with van der Waals surface area (Å²) >= 11 is 1.46. The number of carbonyl (C=O) groups excluding carboxylic acids is 2. The Kier molecular flexibility index (Phi) is 5.50. The van der Waals surface area contributed by atoms with Crippen molar-refractivity contribution >= 4 is 41.7 Å². The Bertz CT molecular complexity index is 537. The van der Waals surface area contributed by atoms with Gasteiger partial charge in [-0.15, -0.1) is 24.2 Å². The Labute approximate surface area is 134 Å². The molecule has 7 heteroatoms. The SMILES string of the molecule is Cl.O=C(CC1Sc2ccccc2NC1=O)NCC1CNC1. The number of hydrogen-bond donors (Lipinski definition) is 3. The molecule has 2 amide bonds. The maximum Gasteiger partial charge on any atom is 0.238 e. The van der Waals surface area contributed by atoms with Crippen LogP contribution in [0.5, 0.6) is 0 Å². The van der Waals surface area contributed by atoms with Crippen molar-refractivity contribution in [1.29, 1.82) is 0 Å². The second-order valence-corrected chi connectivity index (χ2v) is 6.37. The van der Waals surface area contributed by atoms with Crippen LogP contribution in [0.1, 0.15) is 6.42 Å². The van der Waals surface area contributed by atoms with E-state index in [4.69, 9.17) is 0 Å². The molecule has 2 aliphatic heterocycles. The normalized spacial score (nSPS) is 20.6. The Morgan fingerprint density at radius 1 is 1.33 bits per heavy atom. The maximum absolute atomic E-state index is 12.0.